The van der Waals surface area contributed by atoms with E-state index >= 15 is 0 Å². The standard InChI is InChI=1S/C14H15F2NO4/c1-8(18)2-5-12(14(20)21)17-13(19)6-9-3-4-10(15)7-11(9)16/h3-4,7,12H,2,5-6H2,1H3,(H,17,19)(H,20,21)/t12-/m0/s1. The van der Waals surface area contributed by atoms with Gasteiger partial charge in [0.2, 0.25) is 5.91 Å². The zero-order valence-electron chi connectivity index (χ0n) is 11.4. The van der Waals surface area contributed by atoms with Crippen LogP contribution in [0.1, 0.15) is 25.3 Å². The van der Waals surface area contributed by atoms with Crippen LogP contribution in [0.2, 0.25) is 0 Å². The fourth-order valence-corrected chi connectivity index (χ4v) is 1.69. The van der Waals surface area contributed by atoms with E-state index in [1.807, 2.05) is 0 Å². The number of carbonyl (C=O) groups excluding carboxylic acids is 2. The molecule has 1 rings (SSSR count). The van der Waals surface area contributed by atoms with Crippen LogP contribution in [0.25, 0.3) is 0 Å². The van der Waals surface area contributed by atoms with Gasteiger partial charge in [0.1, 0.15) is 23.5 Å². The summed E-state index contributed by atoms with van der Waals surface area (Å²) in [5.74, 6) is -3.82. The van der Waals surface area contributed by atoms with Gasteiger partial charge in [-0.1, -0.05) is 6.07 Å². The number of aliphatic carboxylic acids is 1. The average molecular weight is 299 g/mol. The molecule has 0 radical (unpaired) electrons. The topological polar surface area (TPSA) is 83.5 Å². The van der Waals surface area contributed by atoms with E-state index in [0.29, 0.717) is 6.07 Å². The summed E-state index contributed by atoms with van der Waals surface area (Å²) >= 11 is 0. The molecule has 0 fully saturated rings. The van der Waals surface area contributed by atoms with Gasteiger partial charge in [0, 0.05) is 12.5 Å². The molecule has 1 aromatic carbocycles. The van der Waals surface area contributed by atoms with Crippen LogP contribution in [0, 0.1) is 11.6 Å². The van der Waals surface area contributed by atoms with Gasteiger partial charge < -0.3 is 15.2 Å². The maximum Gasteiger partial charge on any atom is 0.326 e. The van der Waals surface area contributed by atoms with E-state index in [1.165, 1.54) is 6.92 Å². The van der Waals surface area contributed by atoms with Gasteiger partial charge in [0.15, 0.2) is 0 Å². The first-order valence-corrected chi connectivity index (χ1v) is 6.25. The molecule has 0 aliphatic carbocycles. The Bertz CT molecular complexity index is 560. The maximum absolute atomic E-state index is 13.4. The molecular weight excluding hydrogens is 284 g/mol. The summed E-state index contributed by atoms with van der Waals surface area (Å²) in [6.45, 7) is 1.31. The van der Waals surface area contributed by atoms with Crippen LogP contribution in [0.5, 0.6) is 0 Å². The number of ketones is 1. The molecule has 0 saturated heterocycles. The van der Waals surface area contributed by atoms with E-state index in [2.05, 4.69) is 5.32 Å². The van der Waals surface area contributed by atoms with Gasteiger partial charge in [-0.2, -0.15) is 0 Å². The number of rotatable bonds is 7. The van der Waals surface area contributed by atoms with Gasteiger partial charge in [-0.15, -0.1) is 0 Å². The predicted molar refractivity (Wildman–Crippen MR) is 69.5 cm³/mol. The molecular formula is C14H15F2NO4. The highest BCUT2D eigenvalue weighted by Crippen LogP contribution is 2.10. The molecule has 0 unspecified atom stereocenters. The third-order valence-electron chi connectivity index (χ3n) is 2.78. The van der Waals surface area contributed by atoms with Crippen molar-refractivity contribution in [2.75, 3.05) is 0 Å². The van der Waals surface area contributed by atoms with Gasteiger partial charge >= 0.3 is 5.97 Å². The summed E-state index contributed by atoms with van der Waals surface area (Å²) in [6.07, 6.45) is -0.430. The van der Waals surface area contributed by atoms with E-state index in [0.717, 1.165) is 12.1 Å². The monoisotopic (exact) mass is 299 g/mol. The molecule has 0 saturated carbocycles. The average Bonchev–Trinajstić information content (AvgIpc) is 2.37. The molecule has 7 heteroatoms. The zero-order valence-corrected chi connectivity index (χ0v) is 11.4. The highest BCUT2D eigenvalue weighted by atomic mass is 19.1. The first-order valence-electron chi connectivity index (χ1n) is 6.25. The van der Waals surface area contributed by atoms with E-state index in [4.69, 9.17) is 5.11 Å². The molecule has 2 N–H and O–H groups in total. The Labute approximate surface area is 120 Å². The zero-order chi connectivity index (χ0) is 16.0. The smallest absolute Gasteiger partial charge is 0.326 e. The third-order valence-corrected chi connectivity index (χ3v) is 2.78. The fraction of sp³-hybridized carbons (Fsp3) is 0.357. The Balaban J connectivity index is 2.65. The Hall–Kier alpha value is -2.31. The van der Waals surface area contributed by atoms with Crippen molar-refractivity contribution in [3.8, 4) is 0 Å². The van der Waals surface area contributed by atoms with Crippen molar-refractivity contribution in [2.45, 2.75) is 32.2 Å². The quantitative estimate of drug-likeness (QED) is 0.798. The Morgan fingerprint density at radius 1 is 1.29 bits per heavy atom. The highest BCUT2D eigenvalue weighted by Gasteiger charge is 2.21. The molecule has 0 aliphatic rings. The molecule has 0 aromatic heterocycles. The van der Waals surface area contributed by atoms with E-state index < -0.39 is 36.0 Å². The normalized spacial score (nSPS) is 11.8. The van der Waals surface area contributed by atoms with Crippen molar-refractivity contribution in [2.24, 2.45) is 0 Å². The number of Topliss-reactive ketones (excluding diaryl/α,β-unsaturated/α-hetero) is 1. The lowest BCUT2D eigenvalue weighted by Crippen LogP contribution is -2.41. The highest BCUT2D eigenvalue weighted by molar-refractivity contribution is 5.85. The van der Waals surface area contributed by atoms with Gasteiger partial charge in [0.25, 0.3) is 0 Å². The molecule has 0 aliphatic heterocycles. The summed E-state index contributed by atoms with van der Waals surface area (Å²) in [4.78, 5) is 33.5. The van der Waals surface area contributed by atoms with Gasteiger partial charge in [0.05, 0.1) is 6.42 Å². The minimum absolute atomic E-state index is 0.0160. The van der Waals surface area contributed by atoms with E-state index in [1.54, 1.807) is 0 Å². The van der Waals surface area contributed by atoms with Crippen molar-refractivity contribution < 1.29 is 28.3 Å². The number of carboxylic acids is 1. The van der Waals surface area contributed by atoms with Crippen LogP contribution in [0.4, 0.5) is 8.78 Å². The predicted octanol–water partition coefficient (Wildman–Crippen LogP) is 1.45. The number of carbonyl (C=O) groups is 3. The Morgan fingerprint density at radius 3 is 2.48 bits per heavy atom. The second-order valence-corrected chi connectivity index (χ2v) is 4.61. The first-order chi connectivity index (χ1) is 9.79. The molecule has 5 nitrogen and oxygen atoms in total. The van der Waals surface area contributed by atoms with Crippen molar-refractivity contribution in [3.05, 3.63) is 35.4 Å². The molecule has 114 valence electrons. The van der Waals surface area contributed by atoms with E-state index in [9.17, 15) is 23.2 Å². The van der Waals surface area contributed by atoms with Crippen molar-refractivity contribution in [3.63, 3.8) is 0 Å². The van der Waals surface area contributed by atoms with Crippen LogP contribution in [-0.4, -0.2) is 28.8 Å². The van der Waals surface area contributed by atoms with Gasteiger partial charge in [-0.05, 0) is 25.0 Å². The Morgan fingerprint density at radius 2 is 1.95 bits per heavy atom. The Kier molecular flexibility index (Phi) is 5.95. The number of carboxylic acid groups (broad SMARTS) is 1. The number of nitrogens with one attached hydrogen (secondary N) is 1. The van der Waals surface area contributed by atoms with Gasteiger partial charge in [-0.3, -0.25) is 4.79 Å². The molecule has 1 amide bonds. The second kappa shape index (κ2) is 7.47. The van der Waals surface area contributed by atoms with Crippen molar-refractivity contribution >= 4 is 17.7 Å². The maximum atomic E-state index is 13.4. The number of halogens is 2. The SMILES string of the molecule is CC(=O)CC[C@H](NC(=O)Cc1ccc(F)cc1F)C(=O)O. The summed E-state index contributed by atoms with van der Waals surface area (Å²) in [5, 5.41) is 11.2. The van der Waals surface area contributed by atoms with Crippen molar-refractivity contribution in [1.82, 2.24) is 5.32 Å². The largest absolute Gasteiger partial charge is 0.480 e. The number of amides is 1. The lowest BCUT2D eigenvalue weighted by atomic mass is 10.1. The minimum Gasteiger partial charge on any atom is -0.480 e. The van der Waals surface area contributed by atoms with Crippen LogP contribution >= 0.6 is 0 Å². The first kappa shape index (κ1) is 16.7. The number of hydrogen-bond donors (Lipinski definition) is 2. The van der Waals surface area contributed by atoms with Crippen LogP contribution in [0.15, 0.2) is 18.2 Å². The summed E-state index contributed by atoms with van der Waals surface area (Å²) in [5.41, 5.74) is -0.0374. The lowest BCUT2D eigenvalue weighted by Gasteiger charge is -2.14. The lowest BCUT2D eigenvalue weighted by molar-refractivity contribution is -0.142. The molecule has 1 atom stereocenters. The summed E-state index contributed by atoms with van der Waals surface area (Å²) in [7, 11) is 0. The molecule has 1 aromatic rings. The third kappa shape index (κ3) is 5.68. The summed E-state index contributed by atoms with van der Waals surface area (Å²) in [6, 6.07) is 1.56. The molecule has 0 heterocycles. The minimum atomic E-state index is -1.27. The molecule has 0 spiro atoms. The second-order valence-electron chi connectivity index (χ2n) is 4.61. The van der Waals surface area contributed by atoms with E-state index in [-0.39, 0.29) is 24.2 Å². The van der Waals surface area contributed by atoms with Crippen LogP contribution < -0.4 is 5.32 Å². The van der Waals surface area contributed by atoms with Crippen LogP contribution in [0.3, 0.4) is 0 Å². The summed E-state index contributed by atoms with van der Waals surface area (Å²) < 4.78 is 26.1. The number of hydrogen-bond acceptors (Lipinski definition) is 3. The van der Waals surface area contributed by atoms with Crippen LogP contribution in [-0.2, 0) is 20.8 Å². The fourth-order valence-electron chi connectivity index (χ4n) is 1.69. The van der Waals surface area contributed by atoms with Gasteiger partial charge in [-0.25, -0.2) is 13.6 Å². The molecule has 21 heavy (non-hydrogen) atoms. The number of benzene rings is 1. The molecule has 0 bridgehead atoms. The van der Waals surface area contributed by atoms with Crippen molar-refractivity contribution in [1.29, 1.82) is 0 Å².